The molecule has 2 heterocycles. The number of aromatic amines is 1. The number of pyridine rings is 1. The Morgan fingerprint density at radius 1 is 1.29 bits per heavy atom. The molecule has 0 saturated heterocycles. The molecular weight excluding hydrogens is 324 g/mol. The zero-order valence-corrected chi connectivity index (χ0v) is 13.8. The normalized spacial score (nSPS) is 12.2. The van der Waals surface area contributed by atoms with Gasteiger partial charge >= 0.3 is 0 Å². The second-order valence-electron chi connectivity index (χ2n) is 5.59. The molecule has 0 aliphatic rings. The third-order valence-corrected chi connectivity index (χ3v) is 4.57. The van der Waals surface area contributed by atoms with Crippen molar-refractivity contribution in [2.75, 3.05) is 6.54 Å². The van der Waals surface area contributed by atoms with E-state index < -0.39 is 6.10 Å². The van der Waals surface area contributed by atoms with Crippen LogP contribution in [-0.2, 0) is 11.2 Å². The van der Waals surface area contributed by atoms with Crippen LogP contribution >= 0.6 is 11.3 Å². The highest BCUT2D eigenvalue weighted by molar-refractivity contribution is 7.07. The number of aliphatic hydroxyl groups excluding tert-OH is 1. The monoisotopic (exact) mass is 342 g/mol. The molecule has 3 rings (SSSR count). The Morgan fingerprint density at radius 3 is 2.92 bits per heavy atom. The minimum atomic E-state index is -0.704. The van der Waals surface area contributed by atoms with Crippen molar-refractivity contribution in [1.29, 1.82) is 0 Å². The van der Waals surface area contributed by atoms with Crippen LogP contribution in [0.3, 0.4) is 0 Å². The second-order valence-corrected chi connectivity index (χ2v) is 6.37. The summed E-state index contributed by atoms with van der Waals surface area (Å²) in [5.74, 6) is -0.183. The number of aryl methyl sites for hydroxylation is 1. The van der Waals surface area contributed by atoms with Gasteiger partial charge in [0.05, 0.1) is 6.10 Å². The molecular formula is C18H18N2O3S. The molecule has 1 unspecified atom stereocenters. The first kappa shape index (κ1) is 16.4. The van der Waals surface area contributed by atoms with Gasteiger partial charge in [-0.05, 0) is 46.3 Å². The molecule has 1 aromatic carbocycles. The number of hydrogen-bond donors (Lipinski definition) is 3. The Bertz CT molecular complexity index is 887. The van der Waals surface area contributed by atoms with E-state index in [0.29, 0.717) is 12.0 Å². The number of carbonyl (C=O) groups is 1. The molecule has 0 aliphatic heterocycles. The first-order valence-corrected chi connectivity index (χ1v) is 8.65. The van der Waals surface area contributed by atoms with Crippen molar-refractivity contribution >= 4 is 28.1 Å². The summed E-state index contributed by atoms with van der Waals surface area (Å²) in [6, 6.07) is 11.2. The molecule has 5 nitrogen and oxygen atoms in total. The summed E-state index contributed by atoms with van der Waals surface area (Å²) < 4.78 is 0. The molecule has 3 aromatic rings. The summed E-state index contributed by atoms with van der Waals surface area (Å²) in [5, 5.41) is 17.3. The van der Waals surface area contributed by atoms with E-state index in [0.717, 1.165) is 16.5 Å². The Morgan fingerprint density at radius 2 is 2.12 bits per heavy atom. The molecule has 0 saturated carbocycles. The summed E-state index contributed by atoms with van der Waals surface area (Å²) in [6.45, 7) is 0.170. The Balaban J connectivity index is 1.56. The number of nitrogens with one attached hydrogen (secondary N) is 2. The molecule has 0 radical (unpaired) electrons. The summed E-state index contributed by atoms with van der Waals surface area (Å²) in [6.07, 6.45) is -0.137. The van der Waals surface area contributed by atoms with Crippen molar-refractivity contribution < 1.29 is 9.90 Å². The van der Waals surface area contributed by atoms with Crippen LogP contribution in [0.4, 0.5) is 0 Å². The van der Waals surface area contributed by atoms with Crippen LogP contribution < -0.4 is 10.9 Å². The number of hydrogen-bond acceptors (Lipinski definition) is 4. The SMILES string of the molecule is O=C(CCc1cc2ccccc2[nH]c1=O)NCC(O)c1ccsc1. The molecule has 124 valence electrons. The third kappa shape index (κ3) is 3.90. The van der Waals surface area contributed by atoms with Crippen LogP contribution in [0.5, 0.6) is 0 Å². The first-order chi connectivity index (χ1) is 11.6. The maximum Gasteiger partial charge on any atom is 0.251 e. The number of para-hydroxylation sites is 1. The molecule has 6 heteroatoms. The van der Waals surface area contributed by atoms with Gasteiger partial charge in [-0.1, -0.05) is 18.2 Å². The van der Waals surface area contributed by atoms with Crippen LogP contribution in [-0.4, -0.2) is 22.5 Å². The number of benzene rings is 1. The lowest BCUT2D eigenvalue weighted by atomic mass is 10.1. The topological polar surface area (TPSA) is 82.2 Å². The van der Waals surface area contributed by atoms with Gasteiger partial charge in [0.1, 0.15) is 0 Å². The smallest absolute Gasteiger partial charge is 0.251 e. The van der Waals surface area contributed by atoms with Crippen molar-refractivity contribution in [3.05, 3.63) is 68.6 Å². The molecule has 24 heavy (non-hydrogen) atoms. The largest absolute Gasteiger partial charge is 0.387 e. The van der Waals surface area contributed by atoms with Crippen molar-refractivity contribution in [2.45, 2.75) is 18.9 Å². The van der Waals surface area contributed by atoms with Gasteiger partial charge < -0.3 is 15.4 Å². The van der Waals surface area contributed by atoms with Crippen molar-refractivity contribution in [2.24, 2.45) is 0 Å². The molecule has 0 spiro atoms. The van der Waals surface area contributed by atoms with Crippen LogP contribution in [0.15, 0.2) is 52.0 Å². The van der Waals surface area contributed by atoms with E-state index >= 15 is 0 Å². The highest BCUT2D eigenvalue weighted by atomic mass is 32.1. The fraction of sp³-hybridized carbons (Fsp3) is 0.222. The molecule has 1 atom stereocenters. The molecule has 1 amide bonds. The van der Waals surface area contributed by atoms with Gasteiger partial charge in [-0.25, -0.2) is 0 Å². The lowest BCUT2D eigenvalue weighted by Crippen LogP contribution is -2.29. The Kier molecular flexibility index (Phi) is 5.08. The predicted molar refractivity (Wildman–Crippen MR) is 95.2 cm³/mol. The zero-order valence-electron chi connectivity index (χ0n) is 13.0. The fourth-order valence-electron chi connectivity index (χ4n) is 2.51. The highest BCUT2D eigenvalue weighted by Gasteiger charge is 2.11. The van der Waals surface area contributed by atoms with Gasteiger partial charge in [-0.2, -0.15) is 11.3 Å². The minimum Gasteiger partial charge on any atom is -0.387 e. The Hall–Kier alpha value is -2.44. The number of H-pyrrole nitrogens is 1. The number of thiophene rings is 1. The average Bonchev–Trinajstić information content (AvgIpc) is 3.12. The predicted octanol–water partition coefficient (Wildman–Crippen LogP) is 2.37. The van der Waals surface area contributed by atoms with E-state index in [4.69, 9.17) is 0 Å². The number of aromatic nitrogens is 1. The van der Waals surface area contributed by atoms with Gasteiger partial charge in [-0.3, -0.25) is 9.59 Å². The summed E-state index contributed by atoms with van der Waals surface area (Å²) >= 11 is 1.50. The maximum absolute atomic E-state index is 12.0. The van der Waals surface area contributed by atoms with E-state index in [1.807, 2.05) is 47.2 Å². The summed E-state index contributed by atoms with van der Waals surface area (Å²) in [7, 11) is 0. The molecule has 0 bridgehead atoms. The van der Waals surface area contributed by atoms with E-state index in [1.54, 1.807) is 0 Å². The minimum absolute atomic E-state index is 0.167. The average molecular weight is 342 g/mol. The molecule has 3 N–H and O–H groups in total. The van der Waals surface area contributed by atoms with Gasteiger partial charge in [0.25, 0.3) is 5.56 Å². The summed E-state index contributed by atoms with van der Waals surface area (Å²) in [4.78, 5) is 26.8. The van der Waals surface area contributed by atoms with Crippen LogP contribution in [0.25, 0.3) is 10.9 Å². The molecule has 0 aliphatic carbocycles. The van der Waals surface area contributed by atoms with Crippen LogP contribution in [0, 0.1) is 0 Å². The fourth-order valence-corrected chi connectivity index (χ4v) is 3.21. The van der Waals surface area contributed by atoms with E-state index in [1.165, 1.54) is 11.3 Å². The number of aliphatic hydroxyl groups is 1. The van der Waals surface area contributed by atoms with Crippen molar-refractivity contribution in [3.8, 4) is 0 Å². The van der Waals surface area contributed by atoms with Gasteiger partial charge in [0.15, 0.2) is 0 Å². The number of rotatable bonds is 6. The lowest BCUT2D eigenvalue weighted by Gasteiger charge is -2.10. The first-order valence-electron chi connectivity index (χ1n) is 7.71. The number of carbonyl (C=O) groups excluding carboxylic acids is 1. The highest BCUT2D eigenvalue weighted by Crippen LogP contribution is 2.15. The standard InChI is InChI=1S/C18H18N2O3S/c21-16(14-7-8-24-11-14)10-19-17(22)6-5-13-9-12-3-1-2-4-15(12)20-18(13)23/h1-4,7-9,11,16,21H,5-6,10H2,(H,19,22)(H,20,23). The molecule has 0 fully saturated rings. The van der Waals surface area contributed by atoms with E-state index in [2.05, 4.69) is 10.3 Å². The van der Waals surface area contributed by atoms with Crippen molar-refractivity contribution in [1.82, 2.24) is 10.3 Å². The summed E-state index contributed by atoms with van der Waals surface area (Å²) in [5.41, 5.74) is 2.00. The van der Waals surface area contributed by atoms with Crippen LogP contribution in [0.1, 0.15) is 23.7 Å². The lowest BCUT2D eigenvalue weighted by molar-refractivity contribution is -0.121. The number of amides is 1. The zero-order chi connectivity index (χ0) is 16.9. The van der Waals surface area contributed by atoms with Gasteiger partial charge in [-0.15, -0.1) is 0 Å². The third-order valence-electron chi connectivity index (χ3n) is 3.87. The van der Waals surface area contributed by atoms with Gasteiger partial charge in [0, 0.05) is 24.0 Å². The molecule has 2 aromatic heterocycles. The van der Waals surface area contributed by atoms with E-state index in [9.17, 15) is 14.7 Å². The second kappa shape index (κ2) is 7.42. The van der Waals surface area contributed by atoms with Crippen LogP contribution in [0.2, 0.25) is 0 Å². The van der Waals surface area contributed by atoms with E-state index in [-0.39, 0.29) is 24.4 Å². The van der Waals surface area contributed by atoms with Crippen molar-refractivity contribution in [3.63, 3.8) is 0 Å². The number of fused-ring (bicyclic) bond motifs is 1. The van der Waals surface area contributed by atoms with Gasteiger partial charge in [0.2, 0.25) is 5.91 Å². The quantitative estimate of drug-likeness (QED) is 0.643. The maximum atomic E-state index is 12.0. The Labute approximate surface area is 143 Å².